The fourth-order valence-electron chi connectivity index (χ4n) is 2.90. The number of benzene rings is 2. The highest BCUT2D eigenvalue weighted by Gasteiger charge is 2.35. The van der Waals surface area contributed by atoms with Crippen LogP contribution in [0.5, 0.6) is 0 Å². The van der Waals surface area contributed by atoms with E-state index in [-0.39, 0.29) is 16.7 Å². The summed E-state index contributed by atoms with van der Waals surface area (Å²) in [6.07, 6.45) is 1.47. The molecule has 0 aromatic heterocycles. The Kier molecular flexibility index (Phi) is 4.85. The van der Waals surface area contributed by atoms with Crippen LogP contribution in [0.4, 0.5) is 0 Å². The average molecular weight is 365 g/mol. The van der Waals surface area contributed by atoms with Crippen LogP contribution in [0.25, 0.3) is 11.6 Å². The van der Waals surface area contributed by atoms with Crippen molar-refractivity contribution in [1.29, 1.82) is 0 Å². The molecule has 0 saturated carbocycles. The van der Waals surface area contributed by atoms with Gasteiger partial charge in [-0.25, -0.2) is 4.79 Å². The minimum atomic E-state index is -1.30. The summed E-state index contributed by atoms with van der Waals surface area (Å²) in [7, 11) is 1.25. The van der Waals surface area contributed by atoms with Crippen LogP contribution in [0, 0.1) is 0 Å². The molecule has 7 heteroatoms. The molecule has 0 unspecified atom stereocenters. The molecule has 1 aliphatic rings. The number of methoxy groups -OCH3 is 1. The van der Waals surface area contributed by atoms with Gasteiger partial charge in [0.05, 0.1) is 12.7 Å². The highest BCUT2D eigenvalue weighted by Crippen LogP contribution is 2.31. The number of hydrogen-bond donors (Lipinski definition) is 1. The second kappa shape index (κ2) is 7.25. The number of imide groups is 1. The number of carboxylic acids is 1. The van der Waals surface area contributed by atoms with Gasteiger partial charge in [-0.15, -0.1) is 0 Å². The lowest BCUT2D eigenvalue weighted by molar-refractivity contribution is -0.141. The number of amides is 2. The molecule has 2 amide bonds. The highest BCUT2D eigenvalue weighted by molar-refractivity contribution is 6.34. The van der Waals surface area contributed by atoms with Crippen molar-refractivity contribution >= 4 is 35.4 Å². The van der Waals surface area contributed by atoms with Gasteiger partial charge in [0.2, 0.25) is 0 Å². The Morgan fingerprint density at radius 1 is 1.00 bits per heavy atom. The number of nitrogens with zero attached hydrogens (tertiary/aromatic N) is 1. The van der Waals surface area contributed by atoms with Gasteiger partial charge in [0.25, 0.3) is 11.8 Å². The van der Waals surface area contributed by atoms with E-state index in [0.29, 0.717) is 16.0 Å². The van der Waals surface area contributed by atoms with E-state index in [1.54, 1.807) is 42.5 Å². The van der Waals surface area contributed by atoms with Crippen LogP contribution in [-0.2, 0) is 14.3 Å². The molecule has 136 valence electrons. The summed E-state index contributed by atoms with van der Waals surface area (Å²) in [6.45, 7) is -0.748. The summed E-state index contributed by atoms with van der Waals surface area (Å²) >= 11 is 0. The van der Waals surface area contributed by atoms with Crippen molar-refractivity contribution in [2.45, 2.75) is 0 Å². The molecule has 3 rings (SSSR count). The van der Waals surface area contributed by atoms with Crippen molar-refractivity contribution in [2.75, 3.05) is 13.7 Å². The van der Waals surface area contributed by atoms with E-state index in [4.69, 9.17) is 9.84 Å². The van der Waals surface area contributed by atoms with Crippen molar-refractivity contribution in [3.8, 4) is 0 Å². The number of ether oxygens (including phenoxy) is 1. The van der Waals surface area contributed by atoms with E-state index in [9.17, 15) is 19.2 Å². The number of fused-ring (bicyclic) bond motifs is 1. The molecule has 0 atom stereocenters. The Hall–Kier alpha value is -3.74. The Labute approximate surface area is 154 Å². The van der Waals surface area contributed by atoms with Gasteiger partial charge in [-0.1, -0.05) is 36.4 Å². The summed E-state index contributed by atoms with van der Waals surface area (Å²) in [5.41, 5.74) is 1.41. The molecule has 2 aromatic carbocycles. The van der Waals surface area contributed by atoms with E-state index in [1.807, 2.05) is 0 Å². The third-order valence-corrected chi connectivity index (χ3v) is 4.13. The van der Waals surface area contributed by atoms with Gasteiger partial charge >= 0.3 is 11.9 Å². The quantitative estimate of drug-likeness (QED) is 0.506. The van der Waals surface area contributed by atoms with E-state index in [1.165, 1.54) is 19.3 Å². The lowest BCUT2D eigenvalue weighted by atomic mass is 9.91. The first-order valence-electron chi connectivity index (χ1n) is 8.00. The zero-order valence-corrected chi connectivity index (χ0v) is 14.3. The maximum atomic E-state index is 12.8. The van der Waals surface area contributed by atoms with Gasteiger partial charge in [-0.05, 0) is 29.3 Å². The molecule has 1 heterocycles. The molecule has 27 heavy (non-hydrogen) atoms. The molecule has 1 N–H and O–H groups in total. The molecule has 0 saturated heterocycles. The van der Waals surface area contributed by atoms with Crippen molar-refractivity contribution in [3.63, 3.8) is 0 Å². The van der Waals surface area contributed by atoms with Crippen LogP contribution in [0.3, 0.4) is 0 Å². The van der Waals surface area contributed by atoms with Crippen LogP contribution >= 0.6 is 0 Å². The lowest BCUT2D eigenvalue weighted by Gasteiger charge is -2.27. The molecule has 2 aromatic rings. The Morgan fingerprint density at radius 3 is 2.30 bits per heavy atom. The molecule has 0 bridgehead atoms. The predicted molar refractivity (Wildman–Crippen MR) is 95.8 cm³/mol. The highest BCUT2D eigenvalue weighted by atomic mass is 16.5. The third kappa shape index (κ3) is 3.35. The van der Waals surface area contributed by atoms with Gasteiger partial charge in [0.15, 0.2) is 0 Å². The summed E-state index contributed by atoms with van der Waals surface area (Å²) in [6, 6.07) is 13.0. The molecule has 0 aliphatic carbocycles. The standard InChI is InChI=1S/C20H15NO6/c1-27-20(26)13-7-3-2-6-12(13)10-16-14-8-4-5-9-15(14)18(24)21(19(16)25)11-17(22)23/h2-10H,11H2,1H3,(H,22,23)/b16-10-. The largest absolute Gasteiger partial charge is 0.480 e. The van der Waals surface area contributed by atoms with E-state index < -0.39 is 30.3 Å². The van der Waals surface area contributed by atoms with Gasteiger partial charge in [-0.2, -0.15) is 0 Å². The maximum absolute atomic E-state index is 12.8. The van der Waals surface area contributed by atoms with Crippen LogP contribution in [0.2, 0.25) is 0 Å². The Balaban J connectivity index is 2.19. The first-order chi connectivity index (χ1) is 12.9. The number of carbonyl (C=O) groups excluding carboxylic acids is 3. The number of carboxylic acid groups (broad SMARTS) is 1. The average Bonchev–Trinajstić information content (AvgIpc) is 2.68. The van der Waals surface area contributed by atoms with Gasteiger partial charge in [-0.3, -0.25) is 19.3 Å². The summed E-state index contributed by atoms with van der Waals surface area (Å²) in [4.78, 5) is 49.1. The first-order valence-corrected chi connectivity index (χ1v) is 8.00. The summed E-state index contributed by atoms with van der Waals surface area (Å²) in [5.74, 6) is -3.28. The predicted octanol–water partition coefficient (Wildman–Crippen LogP) is 2.08. The minimum absolute atomic E-state index is 0.128. The topological polar surface area (TPSA) is 101 Å². The zero-order valence-electron chi connectivity index (χ0n) is 14.3. The number of carbonyl (C=O) groups is 4. The van der Waals surface area contributed by atoms with Crippen LogP contribution < -0.4 is 0 Å². The number of rotatable bonds is 4. The zero-order chi connectivity index (χ0) is 19.6. The molecule has 0 spiro atoms. The van der Waals surface area contributed by atoms with E-state index in [2.05, 4.69) is 0 Å². The molecule has 1 aliphatic heterocycles. The second-order valence-electron chi connectivity index (χ2n) is 5.77. The number of esters is 1. The molecule has 7 nitrogen and oxygen atoms in total. The lowest BCUT2D eigenvalue weighted by Crippen LogP contribution is -2.44. The number of hydrogen-bond acceptors (Lipinski definition) is 5. The van der Waals surface area contributed by atoms with E-state index in [0.717, 1.165) is 0 Å². The van der Waals surface area contributed by atoms with Gasteiger partial charge in [0.1, 0.15) is 6.54 Å². The van der Waals surface area contributed by atoms with Crippen molar-refractivity contribution in [2.24, 2.45) is 0 Å². The molecule has 0 radical (unpaired) electrons. The van der Waals surface area contributed by atoms with E-state index >= 15 is 0 Å². The Bertz CT molecular complexity index is 991. The van der Waals surface area contributed by atoms with Gasteiger partial charge < -0.3 is 9.84 Å². The number of aliphatic carboxylic acids is 1. The maximum Gasteiger partial charge on any atom is 0.338 e. The van der Waals surface area contributed by atoms with Crippen molar-refractivity contribution in [1.82, 2.24) is 4.90 Å². The monoisotopic (exact) mass is 365 g/mol. The van der Waals surface area contributed by atoms with Gasteiger partial charge in [0, 0.05) is 11.1 Å². The second-order valence-corrected chi connectivity index (χ2v) is 5.77. The van der Waals surface area contributed by atoms with Crippen molar-refractivity contribution in [3.05, 3.63) is 70.8 Å². The smallest absolute Gasteiger partial charge is 0.338 e. The fourth-order valence-corrected chi connectivity index (χ4v) is 2.90. The fraction of sp³-hybridized carbons (Fsp3) is 0.100. The van der Waals surface area contributed by atoms with Crippen molar-refractivity contribution < 1.29 is 29.0 Å². The molecular weight excluding hydrogens is 350 g/mol. The Morgan fingerprint density at radius 2 is 1.63 bits per heavy atom. The summed E-state index contributed by atoms with van der Waals surface area (Å²) in [5, 5.41) is 9.05. The molecule has 0 fully saturated rings. The first kappa shape index (κ1) is 18.1. The molecular formula is C20H15NO6. The third-order valence-electron chi connectivity index (χ3n) is 4.13. The van der Waals surface area contributed by atoms with Crippen LogP contribution in [-0.4, -0.2) is 47.4 Å². The SMILES string of the molecule is COC(=O)c1ccccc1/C=C1\C(=O)N(CC(=O)O)C(=O)c2ccccc21. The normalized spacial score (nSPS) is 14.9. The van der Waals surface area contributed by atoms with Crippen LogP contribution in [0.1, 0.15) is 31.8 Å². The summed E-state index contributed by atoms with van der Waals surface area (Å²) < 4.78 is 4.76. The van der Waals surface area contributed by atoms with Crippen LogP contribution in [0.15, 0.2) is 48.5 Å². The minimum Gasteiger partial charge on any atom is -0.480 e.